The SMILES string of the molecule is CCS(=O)(=O)c1ncc(F)cc1C(=O)O. The van der Waals surface area contributed by atoms with E-state index in [0.717, 1.165) is 0 Å². The van der Waals surface area contributed by atoms with E-state index in [1.807, 2.05) is 0 Å². The first kappa shape index (κ1) is 11.6. The van der Waals surface area contributed by atoms with Crippen molar-refractivity contribution in [3.63, 3.8) is 0 Å². The molecule has 0 aliphatic heterocycles. The molecule has 7 heteroatoms. The zero-order valence-electron chi connectivity index (χ0n) is 7.77. The van der Waals surface area contributed by atoms with Crippen LogP contribution >= 0.6 is 0 Å². The van der Waals surface area contributed by atoms with Gasteiger partial charge in [-0.25, -0.2) is 22.6 Å². The average molecular weight is 233 g/mol. The maximum atomic E-state index is 12.7. The molecule has 0 amide bonds. The van der Waals surface area contributed by atoms with Crippen LogP contribution < -0.4 is 0 Å². The van der Waals surface area contributed by atoms with E-state index in [0.29, 0.717) is 12.3 Å². The minimum atomic E-state index is -3.75. The Labute approximate surface area is 85.5 Å². The van der Waals surface area contributed by atoms with Crippen molar-refractivity contribution in [2.45, 2.75) is 11.9 Å². The third-order valence-corrected chi connectivity index (χ3v) is 3.40. The first-order chi connectivity index (χ1) is 6.88. The number of hydrogen-bond donors (Lipinski definition) is 1. The summed E-state index contributed by atoms with van der Waals surface area (Å²) in [4.78, 5) is 14.0. The van der Waals surface area contributed by atoms with E-state index >= 15 is 0 Å². The topological polar surface area (TPSA) is 84.3 Å². The van der Waals surface area contributed by atoms with Gasteiger partial charge < -0.3 is 5.11 Å². The van der Waals surface area contributed by atoms with Gasteiger partial charge in [-0.1, -0.05) is 6.92 Å². The summed E-state index contributed by atoms with van der Waals surface area (Å²) in [6.07, 6.45) is 0.676. The summed E-state index contributed by atoms with van der Waals surface area (Å²) in [6.45, 7) is 1.35. The van der Waals surface area contributed by atoms with E-state index in [4.69, 9.17) is 5.11 Å². The summed E-state index contributed by atoms with van der Waals surface area (Å²) in [5, 5.41) is 8.08. The Morgan fingerprint density at radius 1 is 1.60 bits per heavy atom. The molecule has 0 fully saturated rings. The van der Waals surface area contributed by atoms with Gasteiger partial charge in [0.2, 0.25) is 0 Å². The lowest BCUT2D eigenvalue weighted by Crippen LogP contribution is -2.13. The Kier molecular flexibility index (Phi) is 3.04. The summed E-state index contributed by atoms with van der Waals surface area (Å²) in [5.74, 6) is -2.69. The summed E-state index contributed by atoms with van der Waals surface area (Å²) < 4.78 is 35.5. The molecule has 0 radical (unpaired) electrons. The van der Waals surface area contributed by atoms with Crippen molar-refractivity contribution in [1.29, 1.82) is 0 Å². The molecular weight excluding hydrogens is 225 g/mol. The van der Waals surface area contributed by atoms with Crippen LogP contribution in [-0.2, 0) is 9.84 Å². The van der Waals surface area contributed by atoms with Gasteiger partial charge in [-0.3, -0.25) is 0 Å². The lowest BCUT2D eigenvalue weighted by atomic mass is 10.3. The van der Waals surface area contributed by atoms with Gasteiger partial charge in [0.15, 0.2) is 14.9 Å². The van der Waals surface area contributed by atoms with Crippen molar-refractivity contribution < 1.29 is 22.7 Å². The van der Waals surface area contributed by atoms with Crippen LogP contribution in [0.4, 0.5) is 4.39 Å². The maximum absolute atomic E-state index is 12.7. The number of pyridine rings is 1. The second kappa shape index (κ2) is 3.93. The average Bonchev–Trinajstić information content (AvgIpc) is 2.17. The Bertz CT molecular complexity index is 497. The molecule has 0 spiro atoms. The van der Waals surface area contributed by atoms with Gasteiger partial charge in [0.05, 0.1) is 17.5 Å². The molecule has 0 saturated heterocycles. The summed E-state index contributed by atoms with van der Waals surface area (Å²) in [5.41, 5.74) is -0.642. The van der Waals surface area contributed by atoms with Crippen LogP contribution in [0.15, 0.2) is 17.3 Å². The summed E-state index contributed by atoms with van der Waals surface area (Å²) >= 11 is 0. The molecule has 15 heavy (non-hydrogen) atoms. The number of sulfone groups is 1. The van der Waals surface area contributed by atoms with Crippen molar-refractivity contribution >= 4 is 15.8 Å². The molecule has 0 aliphatic rings. The number of aromatic nitrogens is 1. The molecule has 0 bridgehead atoms. The smallest absolute Gasteiger partial charge is 0.338 e. The minimum absolute atomic E-state index is 0.286. The van der Waals surface area contributed by atoms with Crippen LogP contribution in [-0.4, -0.2) is 30.2 Å². The van der Waals surface area contributed by atoms with Gasteiger partial charge in [-0.15, -0.1) is 0 Å². The van der Waals surface area contributed by atoms with Crippen LogP contribution in [0.5, 0.6) is 0 Å². The van der Waals surface area contributed by atoms with Gasteiger partial charge in [-0.05, 0) is 6.07 Å². The van der Waals surface area contributed by atoms with E-state index in [1.165, 1.54) is 6.92 Å². The number of halogens is 1. The predicted octanol–water partition coefficient (Wildman–Crippen LogP) is 0.713. The quantitative estimate of drug-likeness (QED) is 0.831. The Balaban J connectivity index is 3.49. The number of rotatable bonds is 3. The zero-order chi connectivity index (χ0) is 11.6. The van der Waals surface area contributed by atoms with Crippen LogP contribution in [0, 0.1) is 5.82 Å². The minimum Gasteiger partial charge on any atom is -0.478 e. The molecule has 0 unspecified atom stereocenters. The molecule has 1 aromatic heterocycles. The molecule has 1 aromatic rings. The fraction of sp³-hybridized carbons (Fsp3) is 0.250. The fourth-order valence-corrected chi connectivity index (χ4v) is 1.93. The van der Waals surface area contributed by atoms with E-state index in [2.05, 4.69) is 4.98 Å². The van der Waals surface area contributed by atoms with E-state index in [-0.39, 0.29) is 5.75 Å². The number of hydrogen-bond acceptors (Lipinski definition) is 4. The normalized spacial score (nSPS) is 11.3. The number of aromatic carboxylic acids is 1. The molecule has 1 rings (SSSR count). The molecule has 82 valence electrons. The molecule has 0 aromatic carbocycles. The molecule has 0 aliphatic carbocycles. The van der Waals surface area contributed by atoms with E-state index in [9.17, 15) is 17.6 Å². The van der Waals surface area contributed by atoms with Crippen molar-refractivity contribution in [3.05, 3.63) is 23.6 Å². The van der Waals surface area contributed by atoms with Crippen molar-refractivity contribution in [2.24, 2.45) is 0 Å². The highest BCUT2D eigenvalue weighted by Crippen LogP contribution is 2.15. The summed E-state index contributed by atoms with van der Waals surface area (Å²) in [6, 6.07) is 0.637. The van der Waals surface area contributed by atoms with Crippen LogP contribution in [0.25, 0.3) is 0 Å². The molecule has 0 atom stereocenters. The third kappa shape index (κ3) is 2.30. The van der Waals surface area contributed by atoms with Crippen LogP contribution in [0.2, 0.25) is 0 Å². The lowest BCUT2D eigenvalue weighted by molar-refractivity contribution is 0.0691. The van der Waals surface area contributed by atoms with Crippen LogP contribution in [0.1, 0.15) is 17.3 Å². The van der Waals surface area contributed by atoms with E-state index in [1.54, 1.807) is 0 Å². The van der Waals surface area contributed by atoms with Crippen molar-refractivity contribution in [3.8, 4) is 0 Å². The van der Waals surface area contributed by atoms with Gasteiger partial charge in [-0.2, -0.15) is 0 Å². The van der Waals surface area contributed by atoms with Crippen molar-refractivity contribution in [1.82, 2.24) is 4.98 Å². The molecule has 1 N–H and O–H groups in total. The van der Waals surface area contributed by atoms with Gasteiger partial charge in [0, 0.05) is 0 Å². The third-order valence-electron chi connectivity index (χ3n) is 1.72. The highest BCUT2D eigenvalue weighted by atomic mass is 32.2. The lowest BCUT2D eigenvalue weighted by Gasteiger charge is -2.04. The highest BCUT2D eigenvalue weighted by Gasteiger charge is 2.22. The molecular formula is C8H8FNO4S. The highest BCUT2D eigenvalue weighted by molar-refractivity contribution is 7.91. The number of carbonyl (C=O) groups is 1. The monoisotopic (exact) mass is 233 g/mol. The first-order valence-electron chi connectivity index (χ1n) is 4.00. The maximum Gasteiger partial charge on any atom is 0.338 e. The predicted molar refractivity (Wildman–Crippen MR) is 48.9 cm³/mol. The van der Waals surface area contributed by atoms with Gasteiger partial charge in [0.1, 0.15) is 5.82 Å². The Morgan fingerprint density at radius 2 is 2.20 bits per heavy atom. The van der Waals surface area contributed by atoms with Crippen LogP contribution in [0.3, 0.4) is 0 Å². The second-order valence-corrected chi connectivity index (χ2v) is 4.91. The summed E-state index contributed by atoms with van der Waals surface area (Å²) in [7, 11) is -3.75. The molecule has 0 saturated carbocycles. The van der Waals surface area contributed by atoms with Gasteiger partial charge >= 0.3 is 5.97 Å². The number of carboxylic acid groups (broad SMARTS) is 1. The molecule has 1 heterocycles. The largest absolute Gasteiger partial charge is 0.478 e. The second-order valence-electron chi connectivity index (χ2n) is 2.71. The first-order valence-corrected chi connectivity index (χ1v) is 5.65. The fourth-order valence-electron chi connectivity index (χ4n) is 0.964. The van der Waals surface area contributed by atoms with Crippen molar-refractivity contribution in [2.75, 3.05) is 5.75 Å². The zero-order valence-corrected chi connectivity index (χ0v) is 8.58. The number of nitrogens with zero attached hydrogens (tertiary/aromatic N) is 1. The van der Waals surface area contributed by atoms with Gasteiger partial charge in [0.25, 0.3) is 0 Å². The Morgan fingerprint density at radius 3 is 2.67 bits per heavy atom. The number of carboxylic acids is 1. The van der Waals surface area contributed by atoms with E-state index < -0.39 is 32.2 Å². The Hall–Kier alpha value is -1.50. The standard InChI is InChI=1S/C8H8FNO4S/c1-2-15(13,14)7-6(8(11)12)3-5(9)4-10-7/h3-4H,2H2,1H3,(H,11,12). The molecule has 5 nitrogen and oxygen atoms in total.